The summed E-state index contributed by atoms with van der Waals surface area (Å²) in [7, 11) is 0. The maximum Gasteiger partial charge on any atom is 0.234 e. The zero-order chi connectivity index (χ0) is 10.9. The van der Waals surface area contributed by atoms with Crippen LogP contribution in [-0.4, -0.2) is 37.0 Å². The van der Waals surface area contributed by atoms with E-state index in [0.29, 0.717) is 6.54 Å². The van der Waals surface area contributed by atoms with E-state index in [2.05, 4.69) is 17.1 Å². The minimum Gasteiger partial charge on any atom is -0.355 e. The molecule has 0 atom stereocenters. The van der Waals surface area contributed by atoms with Gasteiger partial charge in [0, 0.05) is 6.54 Å². The molecule has 3 heteroatoms. The van der Waals surface area contributed by atoms with Gasteiger partial charge in [-0.05, 0) is 32.4 Å². The van der Waals surface area contributed by atoms with E-state index in [1.165, 1.54) is 32.1 Å². The van der Waals surface area contributed by atoms with E-state index in [1.807, 2.05) is 0 Å². The van der Waals surface area contributed by atoms with Crippen molar-refractivity contribution in [3.8, 4) is 0 Å². The molecule has 1 N–H and O–H groups in total. The van der Waals surface area contributed by atoms with Gasteiger partial charge in [-0.3, -0.25) is 9.69 Å². The van der Waals surface area contributed by atoms with Crippen molar-refractivity contribution in [2.75, 3.05) is 26.2 Å². The molecule has 0 aromatic rings. The van der Waals surface area contributed by atoms with Crippen LogP contribution in [0.1, 0.15) is 45.4 Å². The fraction of sp³-hybridized carbons (Fsp3) is 0.917. The highest BCUT2D eigenvalue weighted by atomic mass is 16.2. The molecule has 1 heterocycles. The minimum atomic E-state index is 0.192. The van der Waals surface area contributed by atoms with Crippen molar-refractivity contribution in [2.45, 2.75) is 45.4 Å². The Kier molecular flexibility index (Phi) is 6.41. The molecule has 3 nitrogen and oxygen atoms in total. The Hall–Kier alpha value is -0.570. The predicted molar refractivity (Wildman–Crippen MR) is 62.8 cm³/mol. The van der Waals surface area contributed by atoms with Crippen LogP contribution in [0.3, 0.4) is 0 Å². The molecular weight excluding hydrogens is 188 g/mol. The minimum absolute atomic E-state index is 0.192. The van der Waals surface area contributed by atoms with Crippen molar-refractivity contribution in [2.24, 2.45) is 0 Å². The zero-order valence-corrected chi connectivity index (χ0v) is 9.93. The van der Waals surface area contributed by atoms with Gasteiger partial charge >= 0.3 is 0 Å². The highest BCUT2D eigenvalue weighted by Gasteiger charge is 2.11. The molecule has 0 aliphatic carbocycles. The summed E-state index contributed by atoms with van der Waals surface area (Å²) in [5, 5.41) is 2.94. The second-order valence-electron chi connectivity index (χ2n) is 4.39. The molecule has 0 unspecified atom stereocenters. The van der Waals surface area contributed by atoms with Gasteiger partial charge in [-0.15, -0.1) is 0 Å². The van der Waals surface area contributed by atoms with Crippen LogP contribution in [0.4, 0.5) is 0 Å². The number of hydrogen-bond donors (Lipinski definition) is 1. The standard InChI is InChI=1S/C12H24N2O/c1-2-8-13-12(15)11-14-9-6-4-3-5-7-10-14/h2-11H2,1H3,(H,13,15). The molecule has 0 aromatic heterocycles. The molecule has 0 spiro atoms. The smallest absolute Gasteiger partial charge is 0.234 e. The number of likely N-dealkylation sites (tertiary alicyclic amines) is 1. The van der Waals surface area contributed by atoms with E-state index >= 15 is 0 Å². The number of hydrogen-bond acceptors (Lipinski definition) is 2. The Labute approximate surface area is 93.2 Å². The Morgan fingerprint density at radius 3 is 2.33 bits per heavy atom. The summed E-state index contributed by atoms with van der Waals surface area (Å²) < 4.78 is 0. The number of rotatable bonds is 4. The molecule has 1 rings (SSSR count). The van der Waals surface area contributed by atoms with Gasteiger partial charge in [0.2, 0.25) is 5.91 Å². The van der Waals surface area contributed by atoms with Crippen LogP contribution in [-0.2, 0) is 4.79 Å². The SMILES string of the molecule is CCCNC(=O)CN1CCCCCCC1. The summed E-state index contributed by atoms with van der Waals surface area (Å²) in [6.07, 6.45) is 7.55. The summed E-state index contributed by atoms with van der Waals surface area (Å²) in [4.78, 5) is 13.8. The van der Waals surface area contributed by atoms with Gasteiger partial charge in [0.05, 0.1) is 6.54 Å². The second kappa shape index (κ2) is 7.69. The van der Waals surface area contributed by atoms with Crippen molar-refractivity contribution in [3.05, 3.63) is 0 Å². The fourth-order valence-corrected chi connectivity index (χ4v) is 1.99. The van der Waals surface area contributed by atoms with E-state index in [1.54, 1.807) is 0 Å². The number of nitrogens with zero attached hydrogens (tertiary/aromatic N) is 1. The number of carbonyl (C=O) groups is 1. The molecule has 1 saturated heterocycles. The first-order valence-corrected chi connectivity index (χ1v) is 6.32. The molecule has 1 amide bonds. The van der Waals surface area contributed by atoms with E-state index in [4.69, 9.17) is 0 Å². The Morgan fingerprint density at radius 1 is 1.13 bits per heavy atom. The lowest BCUT2D eigenvalue weighted by atomic mass is 10.1. The maximum absolute atomic E-state index is 11.5. The van der Waals surface area contributed by atoms with Crippen LogP contribution >= 0.6 is 0 Å². The summed E-state index contributed by atoms with van der Waals surface area (Å²) in [6.45, 7) is 5.68. The lowest BCUT2D eigenvalue weighted by molar-refractivity contribution is -0.122. The molecule has 88 valence electrons. The first-order valence-electron chi connectivity index (χ1n) is 6.32. The molecule has 1 aliphatic rings. The lowest BCUT2D eigenvalue weighted by Crippen LogP contribution is -2.38. The van der Waals surface area contributed by atoms with Gasteiger partial charge in [-0.1, -0.05) is 26.2 Å². The molecule has 15 heavy (non-hydrogen) atoms. The second-order valence-corrected chi connectivity index (χ2v) is 4.39. The third-order valence-corrected chi connectivity index (χ3v) is 2.89. The third kappa shape index (κ3) is 5.78. The number of amides is 1. The van der Waals surface area contributed by atoms with Crippen LogP contribution in [0.5, 0.6) is 0 Å². The zero-order valence-electron chi connectivity index (χ0n) is 9.93. The van der Waals surface area contributed by atoms with Gasteiger partial charge in [-0.25, -0.2) is 0 Å². The summed E-state index contributed by atoms with van der Waals surface area (Å²) in [6, 6.07) is 0. The van der Waals surface area contributed by atoms with Crippen LogP contribution < -0.4 is 5.32 Å². The van der Waals surface area contributed by atoms with Gasteiger partial charge in [0.25, 0.3) is 0 Å². The quantitative estimate of drug-likeness (QED) is 0.770. The van der Waals surface area contributed by atoms with Crippen LogP contribution in [0.15, 0.2) is 0 Å². The fourth-order valence-electron chi connectivity index (χ4n) is 1.99. The normalized spacial score (nSPS) is 19.3. The topological polar surface area (TPSA) is 32.3 Å². The average molecular weight is 212 g/mol. The maximum atomic E-state index is 11.5. The largest absolute Gasteiger partial charge is 0.355 e. The van der Waals surface area contributed by atoms with Crippen molar-refractivity contribution in [1.82, 2.24) is 10.2 Å². The molecule has 0 radical (unpaired) electrons. The van der Waals surface area contributed by atoms with Crippen LogP contribution in [0.2, 0.25) is 0 Å². The summed E-state index contributed by atoms with van der Waals surface area (Å²) in [5.74, 6) is 0.192. The number of carbonyl (C=O) groups excluding carboxylic acids is 1. The molecule has 1 aliphatic heterocycles. The van der Waals surface area contributed by atoms with Gasteiger partial charge in [-0.2, -0.15) is 0 Å². The van der Waals surface area contributed by atoms with Crippen molar-refractivity contribution in [1.29, 1.82) is 0 Å². The van der Waals surface area contributed by atoms with Crippen molar-refractivity contribution < 1.29 is 4.79 Å². The van der Waals surface area contributed by atoms with Crippen molar-refractivity contribution >= 4 is 5.91 Å². The average Bonchev–Trinajstić information content (AvgIpc) is 2.19. The highest BCUT2D eigenvalue weighted by molar-refractivity contribution is 5.77. The highest BCUT2D eigenvalue weighted by Crippen LogP contribution is 2.09. The number of nitrogens with one attached hydrogen (secondary N) is 1. The van der Waals surface area contributed by atoms with Crippen molar-refractivity contribution in [3.63, 3.8) is 0 Å². The lowest BCUT2D eigenvalue weighted by Gasteiger charge is -2.23. The molecule has 0 saturated carbocycles. The molecule has 0 aromatic carbocycles. The Morgan fingerprint density at radius 2 is 1.73 bits per heavy atom. The summed E-state index contributed by atoms with van der Waals surface area (Å²) >= 11 is 0. The van der Waals surface area contributed by atoms with Gasteiger partial charge in [0.1, 0.15) is 0 Å². The van der Waals surface area contributed by atoms with E-state index in [9.17, 15) is 4.79 Å². The molecule has 0 bridgehead atoms. The monoisotopic (exact) mass is 212 g/mol. The first-order chi connectivity index (χ1) is 7.33. The van der Waals surface area contributed by atoms with E-state index < -0.39 is 0 Å². The van der Waals surface area contributed by atoms with Gasteiger partial charge < -0.3 is 5.32 Å². The van der Waals surface area contributed by atoms with E-state index in [0.717, 1.165) is 26.1 Å². The van der Waals surface area contributed by atoms with E-state index in [-0.39, 0.29) is 5.91 Å². The van der Waals surface area contributed by atoms with Gasteiger partial charge in [0.15, 0.2) is 0 Å². The Balaban J connectivity index is 2.19. The predicted octanol–water partition coefficient (Wildman–Crippen LogP) is 1.78. The Bertz CT molecular complexity index is 174. The summed E-state index contributed by atoms with van der Waals surface area (Å²) in [5.41, 5.74) is 0. The van der Waals surface area contributed by atoms with Crippen LogP contribution in [0, 0.1) is 0 Å². The van der Waals surface area contributed by atoms with Crippen LogP contribution in [0.25, 0.3) is 0 Å². The third-order valence-electron chi connectivity index (χ3n) is 2.89. The molecule has 1 fully saturated rings. The molecular formula is C12H24N2O. The first kappa shape index (κ1) is 12.5.